The fraction of sp³-hybridized carbons (Fsp3) is 0.217. The Kier molecular flexibility index (Phi) is 7.98. The fourth-order valence-electron chi connectivity index (χ4n) is 2.86. The molecule has 1 amide bonds. The van der Waals surface area contributed by atoms with Crippen LogP contribution in [-0.4, -0.2) is 36.1 Å². The van der Waals surface area contributed by atoms with Gasteiger partial charge in [-0.3, -0.25) is 14.2 Å². The molecule has 3 aromatic rings. The molecule has 0 fully saturated rings. The molecule has 0 radical (unpaired) electrons. The number of ether oxygens (including phenoxy) is 2. The first kappa shape index (κ1) is 23.7. The first-order chi connectivity index (χ1) is 15.9. The molecule has 1 N–H and O–H groups in total. The summed E-state index contributed by atoms with van der Waals surface area (Å²) in [5.74, 6) is -0.924. The second kappa shape index (κ2) is 11.1. The van der Waals surface area contributed by atoms with Crippen molar-refractivity contribution in [1.29, 1.82) is 0 Å². The van der Waals surface area contributed by atoms with Crippen molar-refractivity contribution in [2.24, 2.45) is 0 Å². The smallest absolute Gasteiger partial charge is 0.337 e. The van der Waals surface area contributed by atoms with Crippen LogP contribution >= 0.6 is 11.3 Å². The highest BCUT2D eigenvalue weighted by atomic mass is 32.1. The Hall–Kier alpha value is -3.92. The van der Waals surface area contributed by atoms with E-state index in [0.717, 1.165) is 11.3 Å². The molecule has 0 saturated carbocycles. The number of aromatic nitrogens is 1. The van der Waals surface area contributed by atoms with Crippen LogP contribution in [-0.2, 0) is 32.2 Å². The molecule has 0 spiro atoms. The SMILES string of the molecule is CCOC(=O)/C=c1\s/c(=C\c2ccc(C(=O)OC)cc2)c(=O)n1CC(=O)NCc1ccco1. The van der Waals surface area contributed by atoms with Crippen LogP contribution in [0.5, 0.6) is 0 Å². The van der Waals surface area contributed by atoms with E-state index in [1.807, 2.05) is 0 Å². The Balaban J connectivity index is 1.93. The largest absolute Gasteiger partial charge is 0.467 e. The van der Waals surface area contributed by atoms with Gasteiger partial charge in [0.2, 0.25) is 5.91 Å². The fourth-order valence-corrected chi connectivity index (χ4v) is 3.89. The van der Waals surface area contributed by atoms with Gasteiger partial charge >= 0.3 is 11.9 Å². The minimum Gasteiger partial charge on any atom is -0.467 e. The second-order valence-electron chi connectivity index (χ2n) is 6.71. The van der Waals surface area contributed by atoms with Crippen LogP contribution in [0.15, 0.2) is 51.9 Å². The zero-order chi connectivity index (χ0) is 23.8. The zero-order valence-corrected chi connectivity index (χ0v) is 18.8. The van der Waals surface area contributed by atoms with Crippen molar-refractivity contribution in [3.05, 3.63) is 79.1 Å². The van der Waals surface area contributed by atoms with Crippen LogP contribution in [0.2, 0.25) is 0 Å². The van der Waals surface area contributed by atoms with E-state index in [1.165, 1.54) is 24.0 Å². The quantitative estimate of drug-likeness (QED) is 0.484. The van der Waals surface area contributed by atoms with Gasteiger partial charge in [0, 0.05) is 0 Å². The standard InChI is InChI=1S/C23H22N2O7S/c1-3-31-21(27)12-20-25(14-19(26)24-13-17-5-4-10-32-17)22(28)18(33-20)11-15-6-8-16(9-7-15)23(29)30-2/h4-12H,3,13-14H2,1-2H3,(H,24,26)/b18-11-,20-12-. The summed E-state index contributed by atoms with van der Waals surface area (Å²) in [6, 6.07) is 9.92. The average molecular weight is 471 g/mol. The summed E-state index contributed by atoms with van der Waals surface area (Å²) in [6.07, 6.45) is 4.30. The minimum absolute atomic E-state index is 0.174. The molecule has 33 heavy (non-hydrogen) atoms. The summed E-state index contributed by atoms with van der Waals surface area (Å²) in [7, 11) is 1.29. The number of benzene rings is 1. The predicted molar refractivity (Wildman–Crippen MR) is 121 cm³/mol. The Morgan fingerprint density at radius 1 is 1.18 bits per heavy atom. The van der Waals surface area contributed by atoms with Crippen LogP contribution in [0.25, 0.3) is 12.2 Å². The topological polar surface area (TPSA) is 117 Å². The van der Waals surface area contributed by atoms with Gasteiger partial charge in [0.05, 0.1) is 42.7 Å². The number of rotatable bonds is 8. The van der Waals surface area contributed by atoms with Gasteiger partial charge in [0.1, 0.15) is 17.0 Å². The van der Waals surface area contributed by atoms with E-state index < -0.39 is 23.4 Å². The number of nitrogens with one attached hydrogen (secondary N) is 1. The van der Waals surface area contributed by atoms with Crippen molar-refractivity contribution in [2.45, 2.75) is 20.0 Å². The van der Waals surface area contributed by atoms with E-state index >= 15 is 0 Å². The number of carbonyl (C=O) groups excluding carboxylic acids is 3. The molecule has 1 aromatic carbocycles. The third-order valence-corrected chi connectivity index (χ3v) is 5.50. The molecule has 0 aliphatic heterocycles. The zero-order valence-electron chi connectivity index (χ0n) is 18.0. The number of methoxy groups -OCH3 is 1. The molecule has 10 heteroatoms. The molecule has 0 aliphatic carbocycles. The molecular weight excluding hydrogens is 448 g/mol. The molecule has 0 saturated heterocycles. The van der Waals surface area contributed by atoms with Crippen molar-refractivity contribution >= 4 is 41.3 Å². The van der Waals surface area contributed by atoms with Crippen LogP contribution in [0.1, 0.15) is 28.6 Å². The van der Waals surface area contributed by atoms with Gasteiger partial charge in [-0.2, -0.15) is 0 Å². The highest BCUT2D eigenvalue weighted by molar-refractivity contribution is 7.07. The summed E-state index contributed by atoms with van der Waals surface area (Å²) < 4.78 is 16.6. The van der Waals surface area contributed by atoms with E-state index in [0.29, 0.717) is 21.4 Å². The summed E-state index contributed by atoms with van der Waals surface area (Å²) in [5.41, 5.74) is 0.613. The van der Waals surface area contributed by atoms with E-state index in [9.17, 15) is 19.2 Å². The number of hydrogen-bond acceptors (Lipinski definition) is 8. The van der Waals surface area contributed by atoms with Crippen LogP contribution in [0.3, 0.4) is 0 Å². The van der Waals surface area contributed by atoms with Crippen molar-refractivity contribution in [3.63, 3.8) is 0 Å². The first-order valence-corrected chi connectivity index (χ1v) is 10.8. The third kappa shape index (κ3) is 6.30. The maximum Gasteiger partial charge on any atom is 0.337 e. The Morgan fingerprint density at radius 3 is 2.58 bits per heavy atom. The van der Waals surface area contributed by atoms with Crippen molar-refractivity contribution in [2.75, 3.05) is 13.7 Å². The number of amides is 1. The lowest BCUT2D eigenvalue weighted by molar-refractivity contribution is -0.135. The lowest BCUT2D eigenvalue weighted by Gasteiger charge is -2.04. The van der Waals surface area contributed by atoms with Gasteiger partial charge < -0.3 is 19.2 Å². The molecule has 2 aromatic heterocycles. The Morgan fingerprint density at radius 2 is 1.94 bits per heavy atom. The summed E-state index contributed by atoms with van der Waals surface area (Å²) >= 11 is 1.06. The maximum atomic E-state index is 13.0. The van der Waals surface area contributed by atoms with Gasteiger partial charge in [-0.05, 0) is 42.8 Å². The van der Waals surface area contributed by atoms with Gasteiger partial charge in [-0.1, -0.05) is 12.1 Å². The van der Waals surface area contributed by atoms with Crippen LogP contribution in [0.4, 0.5) is 0 Å². The van der Waals surface area contributed by atoms with Gasteiger partial charge in [-0.15, -0.1) is 11.3 Å². The van der Waals surface area contributed by atoms with E-state index in [-0.39, 0.29) is 24.4 Å². The average Bonchev–Trinajstić information content (AvgIpc) is 3.42. The van der Waals surface area contributed by atoms with Gasteiger partial charge in [0.15, 0.2) is 0 Å². The van der Waals surface area contributed by atoms with Crippen molar-refractivity contribution in [1.82, 2.24) is 9.88 Å². The maximum absolute atomic E-state index is 13.0. The molecule has 2 heterocycles. The number of thiazole rings is 1. The normalized spacial score (nSPS) is 11.9. The Labute approximate surface area is 192 Å². The lowest BCUT2D eigenvalue weighted by atomic mass is 10.1. The Bertz CT molecular complexity index is 1300. The monoisotopic (exact) mass is 470 g/mol. The summed E-state index contributed by atoms with van der Waals surface area (Å²) in [4.78, 5) is 49.0. The van der Waals surface area contributed by atoms with Crippen LogP contribution < -0.4 is 20.1 Å². The highest BCUT2D eigenvalue weighted by Crippen LogP contribution is 2.06. The van der Waals surface area contributed by atoms with Gasteiger partial charge in [-0.25, -0.2) is 9.59 Å². The number of nitrogens with zero attached hydrogens (tertiary/aromatic N) is 1. The number of hydrogen-bond donors (Lipinski definition) is 1. The second-order valence-corrected chi connectivity index (χ2v) is 7.77. The predicted octanol–water partition coefficient (Wildman–Crippen LogP) is 0.778. The third-order valence-electron chi connectivity index (χ3n) is 4.44. The molecular formula is C23H22N2O7S. The lowest BCUT2D eigenvalue weighted by Crippen LogP contribution is -2.38. The minimum atomic E-state index is -0.613. The van der Waals surface area contributed by atoms with E-state index in [2.05, 4.69) is 10.1 Å². The summed E-state index contributed by atoms with van der Waals surface area (Å²) in [5, 5.41) is 2.68. The van der Waals surface area contributed by atoms with Crippen LogP contribution in [0, 0.1) is 0 Å². The van der Waals surface area contributed by atoms with Crippen molar-refractivity contribution in [3.8, 4) is 0 Å². The molecule has 0 bridgehead atoms. The number of esters is 2. The molecule has 172 valence electrons. The summed E-state index contributed by atoms with van der Waals surface area (Å²) in [6.45, 7) is 1.75. The number of furan rings is 1. The van der Waals surface area contributed by atoms with E-state index in [4.69, 9.17) is 9.15 Å². The molecule has 0 aliphatic rings. The number of carbonyl (C=O) groups is 3. The molecule has 0 unspecified atom stereocenters. The van der Waals surface area contributed by atoms with Gasteiger partial charge in [0.25, 0.3) is 5.56 Å². The van der Waals surface area contributed by atoms with Crippen molar-refractivity contribution < 1.29 is 28.3 Å². The molecule has 3 rings (SSSR count). The molecule has 9 nitrogen and oxygen atoms in total. The molecule has 0 atom stereocenters. The highest BCUT2D eigenvalue weighted by Gasteiger charge is 2.12. The first-order valence-electron chi connectivity index (χ1n) is 9.98. The van der Waals surface area contributed by atoms with E-state index in [1.54, 1.807) is 49.4 Å².